The second kappa shape index (κ2) is 4.28. The molecule has 2 heterocycles. The van der Waals surface area contributed by atoms with Gasteiger partial charge in [0.05, 0.1) is 0 Å². The van der Waals surface area contributed by atoms with Crippen LogP contribution in [0.3, 0.4) is 0 Å². The maximum absolute atomic E-state index is 5.31. The van der Waals surface area contributed by atoms with Crippen molar-refractivity contribution in [3.63, 3.8) is 0 Å². The Kier molecular flexibility index (Phi) is 2.96. The second-order valence-corrected chi connectivity index (χ2v) is 5.26. The van der Waals surface area contributed by atoms with Crippen LogP contribution in [-0.4, -0.2) is 15.1 Å². The molecule has 0 aliphatic carbocycles. The zero-order valence-electron chi connectivity index (χ0n) is 10.6. The van der Waals surface area contributed by atoms with Crippen LogP contribution in [0.25, 0.3) is 11.5 Å². The predicted molar refractivity (Wildman–Crippen MR) is 65.4 cm³/mol. The van der Waals surface area contributed by atoms with E-state index in [0.29, 0.717) is 11.7 Å². The molecule has 1 atom stereocenters. The smallest absolute Gasteiger partial charge is 0.230 e. The Morgan fingerprint density at radius 2 is 2.00 bits per heavy atom. The van der Waals surface area contributed by atoms with Gasteiger partial charge in [0, 0.05) is 12.1 Å². The molecule has 0 bridgehead atoms. The molecule has 0 fully saturated rings. The van der Waals surface area contributed by atoms with Gasteiger partial charge in [0.15, 0.2) is 0 Å². The van der Waals surface area contributed by atoms with Gasteiger partial charge in [0.2, 0.25) is 11.7 Å². The number of nitrogens with zero attached hydrogens (tertiary/aromatic N) is 3. The van der Waals surface area contributed by atoms with Gasteiger partial charge in [-0.1, -0.05) is 38.9 Å². The molecule has 0 saturated heterocycles. The highest BCUT2D eigenvalue weighted by Gasteiger charge is 2.27. The molecule has 2 aromatic heterocycles. The van der Waals surface area contributed by atoms with Crippen molar-refractivity contribution in [3.05, 3.63) is 30.3 Å². The SMILES string of the molecule is CC(c1nc(-c2ccccn2)no1)C(C)(C)C. The molecule has 0 amide bonds. The molecule has 0 radical (unpaired) electrons. The van der Waals surface area contributed by atoms with Gasteiger partial charge in [-0.25, -0.2) is 0 Å². The first-order valence-corrected chi connectivity index (χ1v) is 5.73. The number of aromatic nitrogens is 3. The lowest BCUT2D eigenvalue weighted by Gasteiger charge is -2.23. The summed E-state index contributed by atoms with van der Waals surface area (Å²) in [6.07, 6.45) is 1.72. The van der Waals surface area contributed by atoms with Crippen LogP contribution in [0, 0.1) is 5.41 Å². The summed E-state index contributed by atoms with van der Waals surface area (Å²) >= 11 is 0. The Morgan fingerprint density at radius 1 is 1.24 bits per heavy atom. The number of hydrogen-bond acceptors (Lipinski definition) is 4. The van der Waals surface area contributed by atoms with Gasteiger partial charge in [0.25, 0.3) is 0 Å². The summed E-state index contributed by atoms with van der Waals surface area (Å²) in [5, 5.41) is 3.97. The first-order chi connectivity index (χ1) is 7.98. The van der Waals surface area contributed by atoms with Crippen molar-refractivity contribution >= 4 is 0 Å². The van der Waals surface area contributed by atoms with Crippen LogP contribution >= 0.6 is 0 Å². The Hall–Kier alpha value is -1.71. The van der Waals surface area contributed by atoms with E-state index >= 15 is 0 Å². The summed E-state index contributed by atoms with van der Waals surface area (Å²) in [5.41, 5.74) is 0.845. The van der Waals surface area contributed by atoms with E-state index in [-0.39, 0.29) is 11.3 Å². The van der Waals surface area contributed by atoms with E-state index in [1.807, 2.05) is 18.2 Å². The fraction of sp³-hybridized carbons (Fsp3) is 0.462. The minimum Gasteiger partial charge on any atom is -0.339 e. The molecule has 0 N–H and O–H groups in total. The lowest BCUT2D eigenvalue weighted by molar-refractivity contribution is 0.262. The standard InChI is InChI=1S/C13H17N3O/c1-9(13(2,3)4)12-15-11(16-17-12)10-7-5-6-8-14-10/h5-9H,1-4H3. The van der Waals surface area contributed by atoms with E-state index in [0.717, 1.165) is 5.69 Å². The summed E-state index contributed by atoms with van der Waals surface area (Å²) in [5.74, 6) is 1.43. The molecule has 0 saturated carbocycles. The van der Waals surface area contributed by atoms with Gasteiger partial charge in [-0.05, 0) is 17.5 Å². The maximum Gasteiger partial charge on any atom is 0.230 e. The fourth-order valence-corrected chi connectivity index (χ4v) is 1.38. The minimum absolute atomic E-state index is 0.105. The Balaban J connectivity index is 2.28. The normalized spacial score (nSPS) is 13.6. The molecular weight excluding hydrogens is 214 g/mol. The van der Waals surface area contributed by atoms with Gasteiger partial charge in [0.1, 0.15) is 5.69 Å². The molecule has 90 valence electrons. The topological polar surface area (TPSA) is 51.8 Å². The van der Waals surface area contributed by atoms with E-state index in [2.05, 4.69) is 42.8 Å². The van der Waals surface area contributed by atoms with Crippen LogP contribution in [0.5, 0.6) is 0 Å². The molecule has 2 aromatic rings. The zero-order chi connectivity index (χ0) is 12.5. The lowest BCUT2D eigenvalue weighted by atomic mass is 9.82. The Bertz CT molecular complexity index is 485. The molecular formula is C13H17N3O. The average molecular weight is 231 g/mol. The van der Waals surface area contributed by atoms with Crippen LogP contribution in [0.15, 0.2) is 28.9 Å². The van der Waals surface area contributed by atoms with Crippen molar-refractivity contribution < 1.29 is 4.52 Å². The molecule has 4 nitrogen and oxygen atoms in total. The van der Waals surface area contributed by atoms with Crippen molar-refractivity contribution in [2.45, 2.75) is 33.6 Å². The Morgan fingerprint density at radius 3 is 2.59 bits per heavy atom. The third-order valence-electron chi connectivity index (χ3n) is 3.01. The summed E-state index contributed by atoms with van der Waals surface area (Å²) in [7, 11) is 0. The summed E-state index contributed by atoms with van der Waals surface area (Å²) in [4.78, 5) is 8.61. The molecule has 4 heteroatoms. The van der Waals surface area contributed by atoms with E-state index < -0.39 is 0 Å². The molecule has 17 heavy (non-hydrogen) atoms. The highest BCUT2D eigenvalue weighted by atomic mass is 16.5. The van der Waals surface area contributed by atoms with E-state index in [1.54, 1.807) is 6.20 Å². The molecule has 1 unspecified atom stereocenters. The predicted octanol–water partition coefficient (Wildman–Crippen LogP) is 3.28. The van der Waals surface area contributed by atoms with Crippen LogP contribution in [0.1, 0.15) is 39.5 Å². The molecule has 0 aliphatic heterocycles. The van der Waals surface area contributed by atoms with Crippen molar-refractivity contribution in [3.8, 4) is 11.5 Å². The van der Waals surface area contributed by atoms with E-state index in [4.69, 9.17) is 4.52 Å². The third kappa shape index (κ3) is 2.52. The van der Waals surface area contributed by atoms with Crippen LogP contribution in [-0.2, 0) is 0 Å². The van der Waals surface area contributed by atoms with Gasteiger partial charge in [-0.3, -0.25) is 4.98 Å². The fourth-order valence-electron chi connectivity index (χ4n) is 1.38. The van der Waals surface area contributed by atoms with Gasteiger partial charge >= 0.3 is 0 Å². The first-order valence-electron chi connectivity index (χ1n) is 5.73. The first kappa shape index (κ1) is 11.8. The Labute approximate surface area is 101 Å². The minimum atomic E-state index is 0.105. The van der Waals surface area contributed by atoms with Crippen molar-refractivity contribution in [1.29, 1.82) is 0 Å². The zero-order valence-corrected chi connectivity index (χ0v) is 10.6. The van der Waals surface area contributed by atoms with E-state index in [1.165, 1.54) is 0 Å². The second-order valence-electron chi connectivity index (χ2n) is 5.26. The quantitative estimate of drug-likeness (QED) is 0.795. The molecule has 0 spiro atoms. The number of hydrogen-bond donors (Lipinski definition) is 0. The molecule has 0 aliphatic rings. The van der Waals surface area contributed by atoms with Crippen molar-refractivity contribution in [2.75, 3.05) is 0 Å². The van der Waals surface area contributed by atoms with E-state index in [9.17, 15) is 0 Å². The van der Waals surface area contributed by atoms with Gasteiger partial charge in [-0.2, -0.15) is 4.98 Å². The average Bonchev–Trinajstić information content (AvgIpc) is 2.77. The molecule has 2 rings (SSSR count). The highest BCUT2D eigenvalue weighted by Crippen LogP contribution is 2.33. The maximum atomic E-state index is 5.31. The summed E-state index contributed by atoms with van der Waals surface area (Å²) in [6.45, 7) is 8.56. The van der Waals surface area contributed by atoms with Gasteiger partial charge in [-0.15, -0.1) is 0 Å². The van der Waals surface area contributed by atoms with Gasteiger partial charge < -0.3 is 4.52 Å². The number of rotatable bonds is 2. The van der Waals surface area contributed by atoms with Crippen molar-refractivity contribution in [1.82, 2.24) is 15.1 Å². The third-order valence-corrected chi connectivity index (χ3v) is 3.01. The lowest BCUT2D eigenvalue weighted by Crippen LogP contribution is -2.15. The summed E-state index contributed by atoms with van der Waals surface area (Å²) < 4.78 is 5.31. The summed E-state index contributed by atoms with van der Waals surface area (Å²) in [6, 6.07) is 5.64. The number of pyridine rings is 1. The van der Waals surface area contributed by atoms with Crippen LogP contribution in [0.2, 0.25) is 0 Å². The molecule has 0 aromatic carbocycles. The monoisotopic (exact) mass is 231 g/mol. The highest BCUT2D eigenvalue weighted by molar-refractivity contribution is 5.47. The van der Waals surface area contributed by atoms with Crippen molar-refractivity contribution in [2.24, 2.45) is 5.41 Å². The van der Waals surface area contributed by atoms with Crippen LogP contribution in [0.4, 0.5) is 0 Å². The van der Waals surface area contributed by atoms with Crippen LogP contribution < -0.4 is 0 Å². The largest absolute Gasteiger partial charge is 0.339 e.